The molecule has 96 valence electrons. The monoisotopic (exact) mass is 257 g/mol. The zero-order chi connectivity index (χ0) is 13.7. The molecular formula is C14H11NO4. The number of ketones is 1. The summed E-state index contributed by atoms with van der Waals surface area (Å²) < 4.78 is 4.48. The molecule has 0 atom stereocenters. The lowest BCUT2D eigenvalue weighted by Crippen LogP contribution is -2.05. The summed E-state index contributed by atoms with van der Waals surface area (Å²) in [5.41, 5.74) is 1.33. The van der Waals surface area contributed by atoms with Gasteiger partial charge in [0.1, 0.15) is 5.75 Å². The van der Waals surface area contributed by atoms with Gasteiger partial charge in [-0.1, -0.05) is 12.1 Å². The van der Waals surface area contributed by atoms with Gasteiger partial charge in [0.05, 0.1) is 0 Å². The first-order valence-corrected chi connectivity index (χ1v) is 5.58. The number of hydrogen-bond donors (Lipinski definition) is 1. The summed E-state index contributed by atoms with van der Waals surface area (Å²) in [6.45, 7) is 0. The topological polar surface area (TPSA) is 76.5 Å². The van der Waals surface area contributed by atoms with Gasteiger partial charge in [0.2, 0.25) is 0 Å². The van der Waals surface area contributed by atoms with Crippen molar-refractivity contribution in [2.24, 2.45) is 0 Å². The average Bonchev–Trinajstić information content (AvgIpc) is 2.41. The normalized spacial score (nSPS) is 9.89. The van der Waals surface area contributed by atoms with E-state index >= 15 is 0 Å². The van der Waals surface area contributed by atoms with Crippen LogP contribution in [0.1, 0.15) is 15.9 Å². The Balaban J connectivity index is 2.04. The molecule has 0 saturated heterocycles. The predicted octanol–water partition coefficient (Wildman–Crippen LogP) is 2.56. The second kappa shape index (κ2) is 5.77. The highest BCUT2D eigenvalue weighted by molar-refractivity contribution is 5.97. The van der Waals surface area contributed by atoms with Gasteiger partial charge in [0.25, 0.3) is 0 Å². The lowest BCUT2D eigenvalue weighted by atomic mass is 10.0. The summed E-state index contributed by atoms with van der Waals surface area (Å²) in [5, 5.41) is 8.45. The molecule has 0 spiro atoms. The fourth-order valence-corrected chi connectivity index (χ4v) is 1.59. The average molecular weight is 257 g/mol. The molecule has 0 unspecified atom stereocenters. The highest BCUT2D eigenvalue weighted by atomic mass is 16.7. The van der Waals surface area contributed by atoms with Gasteiger partial charge in [-0.25, -0.2) is 4.79 Å². The molecule has 2 rings (SSSR count). The molecule has 0 fully saturated rings. The van der Waals surface area contributed by atoms with Crippen LogP contribution in [0.2, 0.25) is 0 Å². The van der Waals surface area contributed by atoms with Crippen molar-refractivity contribution in [3.8, 4) is 5.75 Å². The van der Waals surface area contributed by atoms with Gasteiger partial charge < -0.3 is 9.84 Å². The first kappa shape index (κ1) is 12.8. The van der Waals surface area contributed by atoms with E-state index in [2.05, 4.69) is 9.72 Å². The minimum absolute atomic E-state index is 0.0417. The molecule has 0 saturated carbocycles. The fourth-order valence-electron chi connectivity index (χ4n) is 1.59. The largest absolute Gasteiger partial charge is 0.511 e. The molecule has 0 amide bonds. The van der Waals surface area contributed by atoms with E-state index in [1.54, 1.807) is 30.5 Å². The van der Waals surface area contributed by atoms with Crippen LogP contribution in [0.25, 0.3) is 0 Å². The number of aromatic nitrogens is 1. The summed E-state index contributed by atoms with van der Waals surface area (Å²) >= 11 is 0. The van der Waals surface area contributed by atoms with E-state index in [1.165, 1.54) is 18.3 Å². The number of pyridine rings is 1. The van der Waals surface area contributed by atoms with Crippen molar-refractivity contribution in [3.05, 3.63) is 59.9 Å². The molecule has 0 bridgehead atoms. The number of carbonyl (C=O) groups is 2. The van der Waals surface area contributed by atoms with Crippen molar-refractivity contribution < 1.29 is 19.4 Å². The predicted molar refractivity (Wildman–Crippen MR) is 67.4 cm³/mol. The van der Waals surface area contributed by atoms with Crippen LogP contribution in [0.3, 0.4) is 0 Å². The van der Waals surface area contributed by atoms with Gasteiger partial charge in [-0.3, -0.25) is 9.78 Å². The Kier molecular flexibility index (Phi) is 3.87. The Morgan fingerprint density at radius 3 is 2.47 bits per heavy atom. The highest BCUT2D eigenvalue weighted by Gasteiger charge is 2.07. The second-order valence-electron chi connectivity index (χ2n) is 3.85. The van der Waals surface area contributed by atoms with Crippen LogP contribution < -0.4 is 4.74 Å². The van der Waals surface area contributed by atoms with Gasteiger partial charge in [0.15, 0.2) is 5.78 Å². The molecule has 5 heteroatoms. The highest BCUT2D eigenvalue weighted by Crippen LogP contribution is 2.14. The molecule has 0 aliphatic rings. The summed E-state index contributed by atoms with van der Waals surface area (Å²) in [7, 11) is 0. The van der Waals surface area contributed by atoms with E-state index in [0.717, 1.165) is 5.56 Å². The number of nitrogens with zero attached hydrogens (tertiary/aromatic N) is 1. The third kappa shape index (κ3) is 3.64. The molecule has 19 heavy (non-hydrogen) atoms. The zero-order valence-corrected chi connectivity index (χ0v) is 9.95. The van der Waals surface area contributed by atoms with Crippen LogP contribution in [0.15, 0.2) is 48.8 Å². The summed E-state index contributed by atoms with van der Waals surface area (Å²) in [5.74, 6) is 0.185. The van der Waals surface area contributed by atoms with Crippen LogP contribution in [0.4, 0.5) is 4.79 Å². The minimum Gasteiger partial charge on any atom is -0.449 e. The van der Waals surface area contributed by atoms with Crippen LogP contribution in [0, 0.1) is 0 Å². The van der Waals surface area contributed by atoms with Gasteiger partial charge in [0, 0.05) is 24.4 Å². The molecule has 1 aromatic carbocycles. The first-order chi connectivity index (χ1) is 9.15. The Bertz CT molecular complexity index is 578. The van der Waals surface area contributed by atoms with Crippen LogP contribution >= 0.6 is 0 Å². The summed E-state index contributed by atoms with van der Waals surface area (Å²) in [6.07, 6.45) is 2.00. The molecule has 0 radical (unpaired) electrons. The van der Waals surface area contributed by atoms with Crippen molar-refractivity contribution in [1.82, 2.24) is 4.98 Å². The van der Waals surface area contributed by atoms with E-state index in [-0.39, 0.29) is 18.0 Å². The van der Waals surface area contributed by atoms with E-state index in [4.69, 9.17) is 5.11 Å². The number of rotatable bonds is 4. The van der Waals surface area contributed by atoms with Crippen LogP contribution in [0.5, 0.6) is 5.75 Å². The van der Waals surface area contributed by atoms with Gasteiger partial charge in [-0.05, 0) is 29.8 Å². The standard InChI is InChI=1S/C14H11NO4/c16-13(11-2-1-7-15-9-11)8-10-3-5-12(6-4-10)19-14(17)18/h1-7,9H,8H2,(H,17,18). The van der Waals surface area contributed by atoms with Crippen molar-refractivity contribution >= 4 is 11.9 Å². The Hall–Kier alpha value is -2.69. The molecule has 0 aliphatic carbocycles. The third-order valence-electron chi connectivity index (χ3n) is 2.48. The number of hydrogen-bond acceptors (Lipinski definition) is 4. The molecule has 1 aromatic heterocycles. The quantitative estimate of drug-likeness (QED) is 0.517. The van der Waals surface area contributed by atoms with E-state index in [0.29, 0.717) is 5.56 Å². The maximum atomic E-state index is 11.9. The molecule has 1 N–H and O–H groups in total. The molecule has 1 heterocycles. The Labute approximate surface area is 109 Å². The number of carboxylic acid groups (broad SMARTS) is 1. The van der Waals surface area contributed by atoms with Crippen molar-refractivity contribution in [3.63, 3.8) is 0 Å². The van der Waals surface area contributed by atoms with Gasteiger partial charge >= 0.3 is 6.16 Å². The first-order valence-electron chi connectivity index (χ1n) is 5.58. The van der Waals surface area contributed by atoms with Gasteiger partial charge in [-0.2, -0.15) is 0 Å². The zero-order valence-electron chi connectivity index (χ0n) is 9.95. The number of benzene rings is 1. The smallest absolute Gasteiger partial charge is 0.449 e. The lowest BCUT2D eigenvalue weighted by Gasteiger charge is -2.03. The van der Waals surface area contributed by atoms with Gasteiger partial charge in [-0.15, -0.1) is 0 Å². The number of carbonyl (C=O) groups excluding carboxylic acids is 1. The molecule has 2 aromatic rings. The van der Waals surface area contributed by atoms with Crippen LogP contribution in [-0.4, -0.2) is 22.0 Å². The van der Waals surface area contributed by atoms with Crippen molar-refractivity contribution in [2.75, 3.05) is 0 Å². The maximum Gasteiger partial charge on any atom is 0.511 e. The Morgan fingerprint density at radius 2 is 1.89 bits per heavy atom. The van der Waals surface area contributed by atoms with E-state index in [9.17, 15) is 9.59 Å². The van der Waals surface area contributed by atoms with Crippen molar-refractivity contribution in [2.45, 2.75) is 6.42 Å². The fraction of sp³-hybridized carbons (Fsp3) is 0.0714. The Morgan fingerprint density at radius 1 is 1.16 bits per heavy atom. The number of Topliss-reactive ketones (excluding diaryl/α,β-unsaturated/α-hetero) is 1. The SMILES string of the molecule is O=C(O)Oc1ccc(CC(=O)c2cccnc2)cc1. The molecule has 5 nitrogen and oxygen atoms in total. The van der Waals surface area contributed by atoms with E-state index in [1.807, 2.05) is 0 Å². The van der Waals surface area contributed by atoms with E-state index < -0.39 is 6.16 Å². The molecule has 0 aliphatic heterocycles. The van der Waals surface area contributed by atoms with Crippen LogP contribution in [-0.2, 0) is 6.42 Å². The molecular weight excluding hydrogens is 246 g/mol. The summed E-state index contributed by atoms with van der Waals surface area (Å²) in [6, 6.07) is 9.76. The van der Waals surface area contributed by atoms with Crippen molar-refractivity contribution in [1.29, 1.82) is 0 Å². The minimum atomic E-state index is -1.36. The second-order valence-corrected chi connectivity index (χ2v) is 3.85. The third-order valence-corrected chi connectivity index (χ3v) is 2.48. The maximum absolute atomic E-state index is 11.9. The lowest BCUT2D eigenvalue weighted by molar-refractivity contribution is 0.0992. The number of ether oxygens (including phenoxy) is 1. The summed E-state index contributed by atoms with van der Waals surface area (Å²) in [4.78, 5) is 26.1.